The number of nitrogens with zero attached hydrogens (tertiary/aromatic N) is 4. The lowest BCUT2D eigenvalue weighted by Gasteiger charge is -2.22. The number of hydrogen-bond donors (Lipinski definition) is 1. The maximum absolute atomic E-state index is 12.6. The molecule has 0 spiro atoms. The first-order valence-corrected chi connectivity index (χ1v) is 8.99. The van der Waals surface area contributed by atoms with Crippen LogP contribution in [0.2, 0.25) is 0 Å². The van der Waals surface area contributed by atoms with Crippen LogP contribution >= 0.6 is 0 Å². The minimum absolute atomic E-state index is 0.117. The maximum atomic E-state index is 12.6. The molecule has 0 saturated carbocycles. The van der Waals surface area contributed by atoms with E-state index in [2.05, 4.69) is 20.3 Å². The van der Waals surface area contributed by atoms with Crippen molar-refractivity contribution in [3.05, 3.63) is 54.4 Å². The van der Waals surface area contributed by atoms with Gasteiger partial charge in [-0.1, -0.05) is 0 Å². The van der Waals surface area contributed by atoms with Crippen LogP contribution in [0.1, 0.15) is 35.8 Å². The van der Waals surface area contributed by atoms with E-state index in [9.17, 15) is 9.59 Å². The Balaban J connectivity index is 1.86. The van der Waals surface area contributed by atoms with Gasteiger partial charge < -0.3 is 15.0 Å². The molecule has 27 heavy (non-hydrogen) atoms. The van der Waals surface area contributed by atoms with Gasteiger partial charge in [0.1, 0.15) is 5.69 Å². The molecule has 0 saturated heterocycles. The van der Waals surface area contributed by atoms with Gasteiger partial charge in [0.2, 0.25) is 5.91 Å². The Hall–Kier alpha value is -2.87. The summed E-state index contributed by atoms with van der Waals surface area (Å²) in [6.07, 6.45) is 8.70. The van der Waals surface area contributed by atoms with E-state index in [-0.39, 0.29) is 23.9 Å². The summed E-state index contributed by atoms with van der Waals surface area (Å²) in [6.45, 7) is 4.36. The van der Waals surface area contributed by atoms with Crippen molar-refractivity contribution in [1.82, 2.24) is 25.2 Å². The largest absolute Gasteiger partial charge is 0.382 e. The van der Waals surface area contributed by atoms with Crippen molar-refractivity contribution in [1.29, 1.82) is 0 Å². The van der Waals surface area contributed by atoms with E-state index >= 15 is 0 Å². The van der Waals surface area contributed by atoms with E-state index in [1.165, 1.54) is 18.6 Å². The number of ether oxygens (including phenoxy) is 1. The molecule has 8 heteroatoms. The quantitative estimate of drug-likeness (QED) is 0.601. The molecule has 0 bridgehead atoms. The lowest BCUT2D eigenvalue weighted by Crippen LogP contribution is -2.36. The fourth-order valence-electron chi connectivity index (χ4n) is 2.41. The molecule has 2 aromatic rings. The highest BCUT2D eigenvalue weighted by Gasteiger charge is 2.18. The topological polar surface area (TPSA) is 97.3 Å². The van der Waals surface area contributed by atoms with Gasteiger partial charge in [-0.15, -0.1) is 0 Å². The van der Waals surface area contributed by atoms with E-state index in [1.54, 1.807) is 17.3 Å². The third kappa shape index (κ3) is 7.49. The molecule has 144 valence electrons. The Labute approximate surface area is 159 Å². The van der Waals surface area contributed by atoms with Crippen molar-refractivity contribution < 1.29 is 14.3 Å². The summed E-state index contributed by atoms with van der Waals surface area (Å²) in [5.41, 5.74) is 1.24. The molecule has 2 aromatic heterocycles. The third-order valence-corrected chi connectivity index (χ3v) is 3.84. The summed E-state index contributed by atoms with van der Waals surface area (Å²) in [5, 5.41) is 2.85. The summed E-state index contributed by atoms with van der Waals surface area (Å²) in [6, 6.07) is 3.69. The average molecular weight is 371 g/mol. The molecule has 0 aliphatic rings. The van der Waals surface area contributed by atoms with E-state index in [4.69, 9.17) is 4.74 Å². The molecule has 0 unspecified atom stereocenters. The monoisotopic (exact) mass is 371 g/mol. The number of pyridine rings is 1. The molecular weight excluding hydrogens is 346 g/mol. The maximum Gasteiger partial charge on any atom is 0.274 e. The highest BCUT2D eigenvalue weighted by molar-refractivity contribution is 5.92. The number of aromatic nitrogens is 3. The van der Waals surface area contributed by atoms with Crippen molar-refractivity contribution in [2.45, 2.75) is 26.3 Å². The first-order chi connectivity index (χ1) is 13.2. The van der Waals surface area contributed by atoms with Crippen LogP contribution in [0.15, 0.2) is 43.1 Å². The summed E-state index contributed by atoms with van der Waals surface area (Å²) < 4.78 is 5.33. The first-order valence-electron chi connectivity index (χ1n) is 8.99. The lowest BCUT2D eigenvalue weighted by atomic mass is 10.2. The molecule has 8 nitrogen and oxygen atoms in total. The Morgan fingerprint density at radius 1 is 1.11 bits per heavy atom. The molecule has 2 amide bonds. The summed E-state index contributed by atoms with van der Waals surface area (Å²) in [7, 11) is 0. The van der Waals surface area contributed by atoms with Crippen LogP contribution in [-0.4, -0.2) is 58.0 Å². The second kappa shape index (κ2) is 11.7. The van der Waals surface area contributed by atoms with Crippen molar-refractivity contribution in [3.63, 3.8) is 0 Å². The highest BCUT2D eigenvalue weighted by atomic mass is 16.5. The highest BCUT2D eigenvalue weighted by Crippen LogP contribution is 2.04. The van der Waals surface area contributed by atoms with Crippen LogP contribution in [-0.2, 0) is 16.1 Å². The molecule has 0 aliphatic heterocycles. The van der Waals surface area contributed by atoms with Crippen LogP contribution in [0.5, 0.6) is 0 Å². The zero-order chi connectivity index (χ0) is 19.3. The van der Waals surface area contributed by atoms with Crippen molar-refractivity contribution in [2.75, 3.05) is 26.3 Å². The second-order valence-electron chi connectivity index (χ2n) is 5.82. The first kappa shape index (κ1) is 20.4. The van der Waals surface area contributed by atoms with Gasteiger partial charge in [-0.2, -0.15) is 0 Å². The van der Waals surface area contributed by atoms with Gasteiger partial charge in [0.25, 0.3) is 5.91 Å². The van der Waals surface area contributed by atoms with Gasteiger partial charge in [0.15, 0.2) is 0 Å². The van der Waals surface area contributed by atoms with Gasteiger partial charge in [-0.3, -0.25) is 19.6 Å². The fraction of sp³-hybridized carbons (Fsp3) is 0.421. The molecule has 2 heterocycles. The number of carbonyl (C=O) groups excluding carboxylic acids is 2. The predicted molar refractivity (Wildman–Crippen MR) is 99.7 cm³/mol. The Bertz CT molecular complexity index is 697. The molecule has 0 aromatic carbocycles. The number of hydrogen-bond acceptors (Lipinski definition) is 6. The predicted octanol–water partition coefficient (Wildman–Crippen LogP) is 1.45. The van der Waals surface area contributed by atoms with E-state index in [0.29, 0.717) is 39.3 Å². The minimum Gasteiger partial charge on any atom is -0.382 e. The normalized spacial score (nSPS) is 10.4. The van der Waals surface area contributed by atoms with Crippen LogP contribution < -0.4 is 5.32 Å². The molecule has 2 rings (SSSR count). The number of nitrogens with one attached hydrogen (secondary N) is 1. The molecule has 0 radical (unpaired) electrons. The van der Waals surface area contributed by atoms with Gasteiger partial charge in [-0.05, 0) is 31.0 Å². The zero-order valence-electron chi connectivity index (χ0n) is 15.5. The Morgan fingerprint density at radius 3 is 2.63 bits per heavy atom. The van der Waals surface area contributed by atoms with Crippen LogP contribution in [0.25, 0.3) is 0 Å². The SMILES string of the molecule is CCOCCCN(CCC(=O)NCc1ccncc1)C(=O)c1cnccn1. The summed E-state index contributed by atoms with van der Waals surface area (Å²) in [4.78, 5) is 38.3. The van der Waals surface area contributed by atoms with Crippen LogP contribution in [0, 0.1) is 0 Å². The molecule has 0 atom stereocenters. The fourth-order valence-corrected chi connectivity index (χ4v) is 2.41. The zero-order valence-corrected chi connectivity index (χ0v) is 15.5. The van der Waals surface area contributed by atoms with E-state index in [1.807, 2.05) is 19.1 Å². The van der Waals surface area contributed by atoms with E-state index < -0.39 is 0 Å². The van der Waals surface area contributed by atoms with Gasteiger partial charge in [-0.25, -0.2) is 4.98 Å². The number of rotatable bonds is 11. The summed E-state index contributed by atoms with van der Waals surface area (Å²) in [5.74, 6) is -0.352. The minimum atomic E-state index is -0.235. The van der Waals surface area contributed by atoms with Gasteiger partial charge in [0.05, 0.1) is 6.20 Å². The number of amides is 2. The average Bonchev–Trinajstić information content (AvgIpc) is 2.72. The molecule has 1 N–H and O–H groups in total. The number of carbonyl (C=O) groups is 2. The lowest BCUT2D eigenvalue weighted by molar-refractivity contribution is -0.121. The summed E-state index contributed by atoms with van der Waals surface area (Å²) >= 11 is 0. The van der Waals surface area contributed by atoms with Crippen molar-refractivity contribution >= 4 is 11.8 Å². The van der Waals surface area contributed by atoms with Crippen molar-refractivity contribution in [2.24, 2.45) is 0 Å². The van der Waals surface area contributed by atoms with Crippen molar-refractivity contribution in [3.8, 4) is 0 Å². The smallest absolute Gasteiger partial charge is 0.274 e. The molecule has 0 aliphatic carbocycles. The Morgan fingerprint density at radius 2 is 1.93 bits per heavy atom. The standard InChI is InChI=1S/C19H25N5O3/c1-2-27-13-3-11-24(19(26)17-15-21-9-10-22-17)12-6-18(25)23-14-16-4-7-20-8-5-16/h4-5,7-10,15H,2-3,6,11-14H2,1H3,(H,23,25). The Kier molecular flexibility index (Phi) is 8.85. The molecular formula is C19H25N5O3. The van der Waals surface area contributed by atoms with Crippen LogP contribution in [0.3, 0.4) is 0 Å². The van der Waals surface area contributed by atoms with Gasteiger partial charge in [0, 0.05) is 64.1 Å². The third-order valence-electron chi connectivity index (χ3n) is 3.84. The van der Waals surface area contributed by atoms with Gasteiger partial charge >= 0.3 is 0 Å². The second-order valence-corrected chi connectivity index (χ2v) is 5.82. The van der Waals surface area contributed by atoms with Crippen LogP contribution in [0.4, 0.5) is 0 Å². The van der Waals surface area contributed by atoms with E-state index in [0.717, 1.165) is 5.56 Å². The molecule has 0 fully saturated rings.